The number of hydrogen-bond acceptors (Lipinski definition) is 5. The first-order valence-corrected chi connectivity index (χ1v) is 7.56. The van der Waals surface area contributed by atoms with Crippen LogP contribution in [0, 0.1) is 0 Å². The Kier molecular flexibility index (Phi) is 5.22. The molecule has 2 heterocycles. The van der Waals surface area contributed by atoms with E-state index in [4.69, 9.17) is 0 Å². The van der Waals surface area contributed by atoms with Crippen LogP contribution in [0.25, 0.3) is 10.7 Å². The maximum Gasteiger partial charge on any atom is 0.167 e. The van der Waals surface area contributed by atoms with Crippen molar-refractivity contribution >= 4 is 27.3 Å². The maximum atomic E-state index is 4.32. The Labute approximate surface area is 119 Å². The molecule has 0 aliphatic heterocycles. The minimum atomic E-state index is 0.864. The minimum Gasteiger partial charge on any atom is -0.316 e. The average molecular weight is 327 g/mol. The first-order valence-electron chi connectivity index (χ1n) is 5.95. The van der Waals surface area contributed by atoms with Crippen LogP contribution in [0.1, 0.15) is 18.4 Å². The molecule has 0 bridgehead atoms. The van der Waals surface area contributed by atoms with Crippen LogP contribution in [0.5, 0.6) is 0 Å². The number of nitrogens with one attached hydrogen (secondary N) is 1. The lowest BCUT2D eigenvalue weighted by molar-refractivity contribution is 0.668. The number of rotatable bonds is 6. The lowest BCUT2D eigenvalue weighted by atomic mass is 10.4. The van der Waals surface area contributed by atoms with E-state index < -0.39 is 0 Å². The molecule has 0 radical (unpaired) electrons. The molecule has 6 heteroatoms. The standard InChI is InChI=1S/C12H15BrN4S/c1-2-6-14-8-5-10-16-17-12(18-10)11-9(13)4-3-7-15-11/h3-4,7,14H,2,5-6,8H2,1H3. The van der Waals surface area contributed by atoms with Gasteiger partial charge in [0.2, 0.25) is 0 Å². The first kappa shape index (κ1) is 13.6. The minimum absolute atomic E-state index is 0.864. The van der Waals surface area contributed by atoms with Gasteiger partial charge in [0.05, 0.1) is 0 Å². The molecule has 2 aromatic rings. The summed E-state index contributed by atoms with van der Waals surface area (Å²) >= 11 is 5.08. The van der Waals surface area contributed by atoms with Crippen molar-refractivity contribution in [1.29, 1.82) is 0 Å². The summed E-state index contributed by atoms with van der Waals surface area (Å²) in [6, 6.07) is 3.86. The molecule has 0 atom stereocenters. The fourth-order valence-electron chi connectivity index (χ4n) is 1.49. The van der Waals surface area contributed by atoms with Gasteiger partial charge in [-0.3, -0.25) is 4.98 Å². The second-order valence-electron chi connectivity index (χ2n) is 3.83. The first-order chi connectivity index (χ1) is 8.81. The molecule has 0 aliphatic carbocycles. The molecule has 2 rings (SSSR count). The van der Waals surface area contributed by atoms with E-state index in [1.165, 1.54) is 0 Å². The van der Waals surface area contributed by atoms with Gasteiger partial charge in [0.1, 0.15) is 10.7 Å². The Morgan fingerprint density at radius 1 is 1.33 bits per heavy atom. The van der Waals surface area contributed by atoms with Crippen molar-refractivity contribution in [1.82, 2.24) is 20.5 Å². The lowest BCUT2D eigenvalue weighted by Gasteiger charge is -1.98. The summed E-state index contributed by atoms with van der Waals surface area (Å²) in [5.41, 5.74) is 0.864. The summed E-state index contributed by atoms with van der Waals surface area (Å²) < 4.78 is 0.955. The highest BCUT2D eigenvalue weighted by molar-refractivity contribution is 9.10. The zero-order chi connectivity index (χ0) is 12.8. The summed E-state index contributed by atoms with van der Waals surface area (Å²) in [4.78, 5) is 4.32. The highest BCUT2D eigenvalue weighted by Crippen LogP contribution is 2.28. The van der Waals surface area contributed by atoms with Gasteiger partial charge in [0, 0.05) is 23.6 Å². The SMILES string of the molecule is CCCNCCc1nnc(-c2ncccc2Br)s1. The Morgan fingerprint density at radius 2 is 2.22 bits per heavy atom. The summed E-state index contributed by atoms with van der Waals surface area (Å²) in [7, 11) is 0. The topological polar surface area (TPSA) is 50.7 Å². The van der Waals surface area contributed by atoms with Crippen LogP contribution in [-0.4, -0.2) is 28.3 Å². The molecule has 0 aliphatic rings. The molecule has 0 unspecified atom stereocenters. The van der Waals surface area contributed by atoms with Crippen molar-refractivity contribution < 1.29 is 0 Å². The predicted octanol–water partition coefficient (Wildman–Crippen LogP) is 2.90. The molecule has 96 valence electrons. The highest BCUT2D eigenvalue weighted by Gasteiger charge is 2.10. The molecule has 0 fully saturated rings. The molecule has 0 saturated carbocycles. The number of aromatic nitrogens is 3. The number of pyridine rings is 1. The van der Waals surface area contributed by atoms with Crippen LogP contribution in [0.15, 0.2) is 22.8 Å². The van der Waals surface area contributed by atoms with Crippen molar-refractivity contribution in [2.75, 3.05) is 13.1 Å². The number of nitrogens with zero attached hydrogens (tertiary/aromatic N) is 3. The van der Waals surface area contributed by atoms with Gasteiger partial charge in [0.25, 0.3) is 0 Å². The Morgan fingerprint density at radius 3 is 3.00 bits per heavy atom. The zero-order valence-corrected chi connectivity index (χ0v) is 12.6. The maximum absolute atomic E-state index is 4.32. The average Bonchev–Trinajstić information content (AvgIpc) is 2.84. The van der Waals surface area contributed by atoms with Crippen molar-refractivity contribution in [3.8, 4) is 10.7 Å². The number of halogens is 1. The van der Waals surface area contributed by atoms with Crippen molar-refractivity contribution in [3.05, 3.63) is 27.8 Å². The smallest absolute Gasteiger partial charge is 0.167 e. The van der Waals surface area contributed by atoms with E-state index in [9.17, 15) is 0 Å². The molecule has 4 nitrogen and oxygen atoms in total. The zero-order valence-electron chi connectivity index (χ0n) is 10.2. The highest BCUT2D eigenvalue weighted by atomic mass is 79.9. The molecule has 0 saturated heterocycles. The molecular formula is C12H15BrN4S. The molecular weight excluding hydrogens is 312 g/mol. The van der Waals surface area contributed by atoms with Gasteiger partial charge in [-0.25, -0.2) is 0 Å². The summed E-state index contributed by atoms with van der Waals surface area (Å²) in [6.45, 7) is 4.16. The van der Waals surface area contributed by atoms with Crippen molar-refractivity contribution in [3.63, 3.8) is 0 Å². The van der Waals surface area contributed by atoms with E-state index in [1.807, 2.05) is 12.1 Å². The Bertz CT molecular complexity index is 500. The van der Waals surface area contributed by atoms with E-state index in [0.717, 1.165) is 46.1 Å². The third-order valence-corrected chi connectivity index (χ3v) is 4.00. The van der Waals surface area contributed by atoms with Crippen LogP contribution in [0.4, 0.5) is 0 Å². The van der Waals surface area contributed by atoms with E-state index in [2.05, 4.69) is 43.4 Å². The monoisotopic (exact) mass is 326 g/mol. The van der Waals surface area contributed by atoms with Gasteiger partial charge in [-0.15, -0.1) is 10.2 Å². The normalized spacial score (nSPS) is 10.8. The van der Waals surface area contributed by atoms with Crippen molar-refractivity contribution in [2.45, 2.75) is 19.8 Å². The van der Waals surface area contributed by atoms with E-state index in [1.54, 1.807) is 17.5 Å². The van der Waals surface area contributed by atoms with Gasteiger partial charge >= 0.3 is 0 Å². The summed E-state index contributed by atoms with van der Waals surface area (Å²) in [6.07, 6.45) is 3.84. The van der Waals surface area contributed by atoms with Crippen molar-refractivity contribution in [2.24, 2.45) is 0 Å². The van der Waals surface area contributed by atoms with E-state index >= 15 is 0 Å². The van der Waals surface area contributed by atoms with Gasteiger partial charge in [-0.1, -0.05) is 18.3 Å². The van der Waals surface area contributed by atoms with Gasteiger partial charge in [-0.2, -0.15) is 0 Å². The summed E-state index contributed by atoms with van der Waals surface area (Å²) in [5.74, 6) is 0. The van der Waals surface area contributed by atoms with Gasteiger partial charge in [-0.05, 0) is 41.0 Å². The van der Waals surface area contributed by atoms with Crippen LogP contribution in [0.3, 0.4) is 0 Å². The van der Waals surface area contributed by atoms with Crippen LogP contribution in [-0.2, 0) is 6.42 Å². The third kappa shape index (κ3) is 3.57. The molecule has 1 N–H and O–H groups in total. The molecule has 2 aromatic heterocycles. The van der Waals surface area contributed by atoms with Gasteiger partial charge in [0.15, 0.2) is 5.01 Å². The quantitative estimate of drug-likeness (QED) is 0.829. The second-order valence-corrected chi connectivity index (χ2v) is 5.75. The third-order valence-electron chi connectivity index (χ3n) is 2.37. The Hall–Kier alpha value is -0.850. The lowest BCUT2D eigenvalue weighted by Crippen LogP contribution is -2.17. The van der Waals surface area contributed by atoms with Crippen LogP contribution < -0.4 is 5.32 Å². The second kappa shape index (κ2) is 6.92. The molecule has 0 spiro atoms. The molecule has 0 aromatic carbocycles. The largest absolute Gasteiger partial charge is 0.316 e. The van der Waals surface area contributed by atoms with E-state index in [-0.39, 0.29) is 0 Å². The van der Waals surface area contributed by atoms with Gasteiger partial charge < -0.3 is 5.32 Å². The fraction of sp³-hybridized carbons (Fsp3) is 0.417. The predicted molar refractivity (Wildman–Crippen MR) is 77.7 cm³/mol. The number of hydrogen-bond donors (Lipinski definition) is 1. The van der Waals surface area contributed by atoms with E-state index in [0.29, 0.717) is 0 Å². The van der Waals surface area contributed by atoms with Crippen LogP contribution >= 0.6 is 27.3 Å². The Balaban J connectivity index is 2.00. The van der Waals surface area contributed by atoms with Crippen LogP contribution in [0.2, 0.25) is 0 Å². The molecule has 0 amide bonds. The fourth-order valence-corrected chi connectivity index (χ4v) is 2.91. The molecule has 18 heavy (non-hydrogen) atoms. The summed E-state index contributed by atoms with van der Waals surface area (Å²) in [5, 5.41) is 13.7.